The third-order valence-corrected chi connectivity index (χ3v) is 3.10. The Morgan fingerprint density at radius 3 is 2.85 bits per heavy atom. The number of nitrogens with two attached hydrogens (primary N) is 1. The molecule has 1 aliphatic heterocycles. The summed E-state index contributed by atoms with van der Waals surface area (Å²) in [7, 11) is 0. The zero-order chi connectivity index (χ0) is 14.4. The van der Waals surface area contributed by atoms with Crippen molar-refractivity contribution >= 4 is 23.0 Å². The van der Waals surface area contributed by atoms with Crippen LogP contribution in [0.5, 0.6) is 0 Å². The molecule has 0 bridgehead atoms. The first kappa shape index (κ1) is 12.7. The number of aliphatic hydroxyl groups excluding tert-OH is 1. The predicted octanol–water partition coefficient (Wildman–Crippen LogP) is -0.910. The molecule has 0 aliphatic carbocycles. The van der Waals surface area contributed by atoms with Crippen LogP contribution >= 0.6 is 0 Å². The van der Waals surface area contributed by atoms with Gasteiger partial charge < -0.3 is 20.7 Å². The van der Waals surface area contributed by atoms with Crippen LogP contribution in [0.2, 0.25) is 0 Å². The van der Waals surface area contributed by atoms with Gasteiger partial charge in [0.1, 0.15) is 17.9 Å². The van der Waals surface area contributed by atoms with Crippen molar-refractivity contribution in [1.82, 2.24) is 19.5 Å². The van der Waals surface area contributed by atoms with Gasteiger partial charge in [0.2, 0.25) is 0 Å². The van der Waals surface area contributed by atoms with Gasteiger partial charge in [-0.25, -0.2) is 24.1 Å². The number of aromatic nitrogens is 4. The van der Waals surface area contributed by atoms with Gasteiger partial charge in [-0.2, -0.15) is 0 Å². The van der Waals surface area contributed by atoms with E-state index < -0.39 is 30.6 Å². The molecule has 2 aromatic rings. The molecule has 3 rings (SSSR count). The number of imidazole rings is 1. The van der Waals surface area contributed by atoms with Gasteiger partial charge in [-0.15, -0.1) is 0 Å². The molecule has 9 nitrogen and oxygen atoms in total. The van der Waals surface area contributed by atoms with Crippen LogP contribution in [-0.4, -0.2) is 54.1 Å². The number of halogens is 1. The highest BCUT2D eigenvalue weighted by Crippen LogP contribution is 2.33. The number of aliphatic hydroxyl groups is 1. The lowest BCUT2D eigenvalue weighted by Crippen LogP contribution is -2.34. The first-order valence-electron chi connectivity index (χ1n) is 5.64. The fourth-order valence-corrected chi connectivity index (χ4v) is 2.12. The molecule has 0 spiro atoms. The number of fused-ring (bicyclic) bond motifs is 1. The lowest BCUT2D eigenvalue weighted by atomic mass is 10.1. The maximum atomic E-state index is 14.0. The standard InChI is InChI=1S/C10H10FN5O4/c11-3-5(17)6(10(18)19)20-9(3)16-2-15-4-7(12)13-1-14-8(4)16/h1-3,5-6,9,17H,(H,18,19)(H2,12,13,14)/t3-,5-,6?,9?/m0/s1. The number of nitrogen functional groups attached to an aromatic ring is 1. The molecule has 0 amide bonds. The van der Waals surface area contributed by atoms with Crippen LogP contribution < -0.4 is 5.73 Å². The number of carbonyl (C=O) groups is 1. The van der Waals surface area contributed by atoms with Crippen molar-refractivity contribution in [1.29, 1.82) is 0 Å². The molecule has 106 valence electrons. The van der Waals surface area contributed by atoms with Gasteiger partial charge in [-0.05, 0) is 0 Å². The molecule has 2 aromatic heterocycles. The van der Waals surface area contributed by atoms with Crippen molar-refractivity contribution in [3.8, 4) is 0 Å². The number of aliphatic carboxylic acids is 1. The lowest BCUT2D eigenvalue weighted by Gasteiger charge is -2.14. The van der Waals surface area contributed by atoms with Crippen LogP contribution in [0, 0.1) is 0 Å². The minimum atomic E-state index is -1.93. The van der Waals surface area contributed by atoms with E-state index in [0.29, 0.717) is 0 Å². The zero-order valence-corrected chi connectivity index (χ0v) is 9.92. The van der Waals surface area contributed by atoms with E-state index in [9.17, 15) is 14.3 Å². The molecule has 2 unspecified atom stereocenters. The lowest BCUT2D eigenvalue weighted by molar-refractivity contribution is -0.155. The first-order chi connectivity index (χ1) is 9.50. The Balaban J connectivity index is 2.04. The average molecular weight is 283 g/mol. The maximum absolute atomic E-state index is 14.0. The number of carboxylic acid groups (broad SMARTS) is 1. The van der Waals surface area contributed by atoms with Crippen LogP contribution in [0.25, 0.3) is 11.2 Å². The summed E-state index contributed by atoms with van der Waals surface area (Å²) in [5, 5.41) is 18.4. The van der Waals surface area contributed by atoms with E-state index in [1.165, 1.54) is 17.2 Å². The van der Waals surface area contributed by atoms with Crippen molar-refractivity contribution in [2.45, 2.75) is 24.6 Å². The normalized spacial score (nSPS) is 29.9. The third-order valence-electron chi connectivity index (χ3n) is 3.10. The maximum Gasteiger partial charge on any atom is 0.335 e. The molecule has 4 atom stereocenters. The fraction of sp³-hybridized carbons (Fsp3) is 0.400. The molecule has 4 N–H and O–H groups in total. The number of carboxylic acids is 1. The van der Waals surface area contributed by atoms with Crippen LogP contribution in [0.1, 0.15) is 6.23 Å². The summed E-state index contributed by atoms with van der Waals surface area (Å²) in [4.78, 5) is 22.4. The molecular formula is C10H10FN5O4. The van der Waals surface area contributed by atoms with Gasteiger partial charge >= 0.3 is 5.97 Å². The van der Waals surface area contributed by atoms with Gasteiger partial charge in [-0.1, -0.05) is 0 Å². The number of anilines is 1. The summed E-state index contributed by atoms with van der Waals surface area (Å²) in [5.74, 6) is -1.33. The van der Waals surface area contributed by atoms with E-state index in [2.05, 4.69) is 15.0 Å². The second-order valence-corrected chi connectivity index (χ2v) is 4.30. The zero-order valence-electron chi connectivity index (χ0n) is 9.92. The Kier molecular flexibility index (Phi) is 2.76. The van der Waals surface area contributed by atoms with Gasteiger partial charge in [-0.3, -0.25) is 4.57 Å². The third kappa shape index (κ3) is 1.69. The van der Waals surface area contributed by atoms with Crippen LogP contribution in [0.15, 0.2) is 12.7 Å². The van der Waals surface area contributed by atoms with Gasteiger partial charge in [0.25, 0.3) is 0 Å². The Bertz CT molecular complexity index is 677. The van der Waals surface area contributed by atoms with Crippen LogP contribution in [0.3, 0.4) is 0 Å². The fourth-order valence-electron chi connectivity index (χ4n) is 2.12. The van der Waals surface area contributed by atoms with E-state index in [0.717, 1.165) is 0 Å². The number of hydrogen-bond acceptors (Lipinski definition) is 7. The van der Waals surface area contributed by atoms with Gasteiger partial charge in [0.05, 0.1) is 6.33 Å². The molecule has 1 saturated heterocycles. The second-order valence-electron chi connectivity index (χ2n) is 4.30. The molecule has 0 saturated carbocycles. The molecule has 3 heterocycles. The van der Waals surface area contributed by atoms with Crippen molar-refractivity contribution < 1.29 is 24.1 Å². The van der Waals surface area contributed by atoms with E-state index in [1.807, 2.05) is 0 Å². The first-order valence-corrected chi connectivity index (χ1v) is 5.64. The molecule has 1 aliphatic rings. The molecular weight excluding hydrogens is 273 g/mol. The van der Waals surface area contributed by atoms with Gasteiger partial charge in [0.15, 0.2) is 30.0 Å². The largest absolute Gasteiger partial charge is 0.479 e. The van der Waals surface area contributed by atoms with Gasteiger partial charge in [0, 0.05) is 0 Å². The summed E-state index contributed by atoms with van der Waals surface area (Å²) in [6.07, 6.45) is -4.30. The van der Waals surface area contributed by atoms with E-state index in [4.69, 9.17) is 15.6 Å². The molecule has 0 radical (unpaired) electrons. The number of hydrogen-bond donors (Lipinski definition) is 3. The van der Waals surface area contributed by atoms with Crippen molar-refractivity contribution in [3.63, 3.8) is 0 Å². The van der Waals surface area contributed by atoms with E-state index in [1.54, 1.807) is 0 Å². The summed E-state index contributed by atoms with van der Waals surface area (Å²) >= 11 is 0. The van der Waals surface area contributed by atoms with E-state index in [-0.39, 0.29) is 17.0 Å². The highest BCUT2D eigenvalue weighted by Gasteiger charge is 2.49. The quantitative estimate of drug-likeness (QED) is 0.644. The summed E-state index contributed by atoms with van der Waals surface area (Å²) in [6.45, 7) is 0. The van der Waals surface area contributed by atoms with Crippen molar-refractivity contribution in [2.24, 2.45) is 0 Å². The Morgan fingerprint density at radius 1 is 1.45 bits per heavy atom. The highest BCUT2D eigenvalue weighted by atomic mass is 19.1. The number of alkyl halides is 1. The Labute approximate surface area is 110 Å². The molecule has 10 heteroatoms. The number of rotatable bonds is 2. The molecule has 0 aromatic carbocycles. The Morgan fingerprint density at radius 2 is 2.20 bits per heavy atom. The monoisotopic (exact) mass is 283 g/mol. The topological polar surface area (TPSA) is 136 Å². The average Bonchev–Trinajstić information content (AvgIpc) is 2.94. The highest BCUT2D eigenvalue weighted by molar-refractivity contribution is 5.81. The van der Waals surface area contributed by atoms with Crippen LogP contribution in [-0.2, 0) is 9.53 Å². The second kappa shape index (κ2) is 4.35. The Hall–Kier alpha value is -2.33. The minimum absolute atomic E-state index is 0.109. The summed E-state index contributed by atoms with van der Waals surface area (Å²) in [5.41, 5.74) is 6.05. The summed E-state index contributed by atoms with van der Waals surface area (Å²) < 4.78 is 20.2. The minimum Gasteiger partial charge on any atom is -0.479 e. The number of nitrogens with zero attached hydrogens (tertiary/aromatic N) is 4. The van der Waals surface area contributed by atoms with Crippen LogP contribution in [0.4, 0.5) is 10.2 Å². The molecule has 1 fully saturated rings. The SMILES string of the molecule is Nc1ncnc2c1ncn2C1OC(C(=O)O)[C@@H](O)[C@@H]1F. The predicted molar refractivity (Wildman–Crippen MR) is 62.2 cm³/mol. The summed E-state index contributed by atoms with van der Waals surface area (Å²) in [6, 6.07) is 0. The smallest absolute Gasteiger partial charge is 0.335 e. The number of ether oxygens (including phenoxy) is 1. The molecule has 20 heavy (non-hydrogen) atoms. The van der Waals surface area contributed by atoms with Crippen molar-refractivity contribution in [3.05, 3.63) is 12.7 Å². The van der Waals surface area contributed by atoms with E-state index >= 15 is 0 Å². The van der Waals surface area contributed by atoms with Crippen molar-refractivity contribution in [2.75, 3.05) is 5.73 Å².